The van der Waals surface area contributed by atoms with E-state index in [0.29, 0.717) is 6.42 Å². The number of hydrogen-bond acceptors (Lipinski definition) is 3. The first kappa shape index (κ1) is 15.5. The highest BCUT2D eigenvalue weighted by Crippen LogP contribution is 2.29. The highest BCUT2D eigenvalue weighted by molar-refractivity contribution is 5.84. The predicted octanol–water partition coefficient (Wildman–Crippen LogP) is 3.13. The summed E-state index contributed by atoms with van der Waals surface area (Å²) in [4.78, 5) is 15.5. The van der Waals surface area contributed by atoms with Crippen LogP contribution in [0.3, 0.4) is 0 Å². The highest BCUT2D eigenvalue weighted by atomic mass is 16.4. The molecule has 0 aliphatic rings. The van der Waals surface area contributed by atoms with Crippen LogP contribution in [-0.2, 0) is 16.8 Å². The van der Waals surface area contributed by atoms with Gasteiger partial charge in [-0.05, 0) is 59.1 Å². The lowest BCUT2D eigenvalue weighted by molar-refractivity contribution is -0.136. The molecule has 1 N–H and O–H groups in total. The predicted molar refractivity (Wildman–Crippen MR) is 82.7 cm³/mol. The van der Waals surface area contributed by atoms with E-state index in [1.807, 2.05) is 25.5 Å². The molecule has 0 saturated carbocycles. The molecular formula is C16H23N3O2. The fourth-order valence-electron chi connectivity index (χ4n) is 2.77. The molecule has 2 aromatic rings. The topological polar surface area (TPSA) is 68.0 Å². The molecule has 2 heterocycles. The molecule has 0 bridgehead atoms. The molecular weight excluding hydrogens is 266 g/mol. The van der Waals surface area contributed by atoms with Crippen molar-refractivity contribution in [2.75, 3.05) is 0 Å². The van der Waals surface area contributed by atoms with E-state index in [-0.39, 0.29) is 12.0 Å². The van der Waals surface area contributed by atoms with Crippen molar-refractivity contribution in [2.45, 2.75) is 59.9 Å². The van der Waals surface area contributed by atoms with Gasteiger partial charge in [-0.1, -0.05) is 0 Å². The molecule has 0 fully saturated rings. The summed E-state index contributed by atoms with van der Waals surface area (Å²) in [6.45, 7) is 12.3. The lowest BCUT2D eigenvalue weighted by Crippen LogP contribution is -2.23. The average Bonchev–Trinajstić information content (AvgIpc) is 2.65. The van der Waals surface area contributed by atoms with Gasteiger partial charge in [-0.3, -0.25) is 4.79 Å². The normalized spacial score (nSPS) is 12.1. The van der Waals surface area contributed by atoms with Crippen molar-refractivity contribution >= 4 is 17.0 Å². The Labute approximate surface area is 125 Å². The monoisotopic (exact) mass is 289 g/mol. The number of carboxylic acids is 1. The van der Waals surface area contributed by atoms with Gasteiger partial charge < -0.3 is 5.11 Å². The van der Waals surface area contributed by atoms with Gasteiger partial charge in [0, 0.05) is 17.5 Å². The number of fused-ring (bicyclic) bond motifs is 1. The zero-order valence-corrected chi connectivity index (χ0v) is 13.6. The second-order valence-corrected chi connectivity index (χ2v) is 6.56. The minimum atomic E-state index is -0.781. The number of rotatable bonds is 3. The third-order valence-corrected chi connectivity index (χ3v) is 3.80. The minimum Gasteiger partial charge on any atom is -0.481 e. The zero-order valence-electron chi connectivity index (χ0n) is 13.6. The van der Waals surface area contributed by atoms with Gasteiger partial charge in [-0.25, -0.2) is 9.67 Å². The molecule has 0 aliphatic heterocycles. The Hall–Kier alpha value is -1.91. The molecule has 0 saturated heterocycles. The molecule has 114 valence electrons. The SMILES string of the molecule is Cc1nc2c(c(C)nn2C(C)(C)C)c(C)c1CCC(=O)O. The largest absolute Gasteiger partial charge is 0.481 e. The van der Waals surface area contributed by atoms with Crippen molar-refractivity contribution in [2.24, 2.45) is 0 Å². The van der Waals surface area contributed by atoms with Crippen molar-refractivity contribution in [3.05, 3.63) is 22.5 Å². The van der Waals surface area contributed by atoms with Gasteiger partial charge in [0.15, 0.2) is 5.65 Å². The lowest BCUT2D eigenvalue weighted by atomic mass is 9.99. The van der Waals surface area contributed by atoms with Crippen LogP contribution in [0, 0.1) is 20.8 Å². The Morgan fingerprint density at radius 1 is 1.19 bits per heavy atom. The Bertz CT molecular complexity index is 709. The van der Waals surface area contributed by atoms with Crippen molar-refractivity contribution < 1.29 is 9.90 Å². The smallest absolute Gasteiger partial charge is 0.303 e. The summed E-state index contributed by atoms with van der Waals surface area (Å²) in [5, 5.41) is 14.6. The maximum atomic E-state index is 10.8. The fraction of sp³-hybridized carbons (Fsp3) is 0.562. The summed E-state index contributed by atoms with van der Waals surface area (Å²) < 4.78 is 1.96. The summed E-state index contributed by atoms with van der Waals surface area (Å²) in [6, 6.07) is 0. The minimum absolute atomic E-state index is 0.126. The van der Waals surface area contributed by atoms with Gasteiger partial charge >= 0.3 is 5.97 Å². The maximum Gasteiger partial charge on any atom is 0.303 e. The molecule has 21 heavy (non-hydrogen) atoms. The summed E-state index contributed by atoms with van der Waals surface area (Å²) in [7, 11) is 0. The van der Waals surface area contributed by atoms with Crippen LogP contribution >= 0.6 is 0 Å². The molecule has 0 aliphatic carbocycles. The molecule has 2 rings (SSSR count). The molecule has 0 aromatic carbocycles. The second-order valence-electron chi connectivity index (χ2n) is 6.56. The van der Waals surface area contributed by atoms with E-state index in [9.17, 15) is 4.79 Å². The number of aromatic nitrogens is 3. The Kier molecular flexibility index (Phi) is 3.78. The van der Waals surface area contributed by atoms with E-state index in [1.54, 1.807) is 0 Å². The molecule has 0 unspecified atom stereocenters. The van der Waals surface area contributed by atoms with Gasteiger partial charge in [0.2, 0.25) is 0 Å². The van der Waals surface area contributed by atoms with Crippen LogP contribution in [0.4, 0.5) is 0 Å². The van der Waals surface area contributed by atoms with Crippen LogP contribution in [0.1, 0.15) is 49.7 Å². The Balaban J connectivity index is 2.68. The first-order chi connectivity index (χ1) is 9.62. The zero-order chi connectivity index (χ0) is 15.9. The standard InChI is InChI=1S/C16H23N3O2/c1-9-12(7-8-13(20)21)10(2)17-15-14(9)11(3)18-19(15)16(4,5)6/h7-8H2,1-6H3,(H,20,21). The number of pyridine rings is 1. The average molecular weight is 289 g/mol. The first-order valence-electron chi connectivity index (χ1n) is 7.20. The van der Waals surface area contributed by atoms with Gasteiger partial charge in [0.05, 0.1) is 11.2 Å². The molecule has 5 heteroatoms. The van der Waals surface area contributed by atoms with E-state index in [1.165, 1.54) is 0 Å². The molecule has 0 atom stereocenters. The fourth-order valence-corrected chi connectivity index (χ4v) is 2.77. The number of hydrogen-bond donors (Lipinski definition) is 1. The maximum absolute atomic E-state index is 10.8. The number of carboxylic acid groups (broad SMARTS) is 1. The third kappa shape index (κ3) is 2.77. The third-order valence-electron chi connectivity index (χ3n) is 3.80. The molecule has 2 aromatic heterocycles. The summed E-state index contributed by atoms with van der Waals surface area (Å²) in [5.41, 5.74) is 4.72. The number of aryl methyl sites for hydroxylation is 3. The van der Waals surface area contributed by atoms with Crippen LogP contribution in [-0.4, -0.2) is 25.8 Å². The molecule has 0 spiro atoms. The quantitative estimate of drug-likeness (QED) is 0.942. The van der Waals surface area contributed by atoms with Crippen molar-refractivity contribution in [3.8, 4) is 0 Å². The summed E-state index contributed by atoms with van der Waals surface area (Å²) in [5.74, 6) is -0.781. The van der Waals surface area contributed by atoms with Crippen molar-refractivity contribution in [3.63, 3.8) is 0 Å². The lowest BCUT2D eigenvalue weighted by Gasteiger charge is -2.20. The van der Waals surface area contributed by atoms with E-state index in [0.717, 1.165) is 33.5 Å². The Morgan fingerprint density at radius 3 is 2.33 bits per heavy atom. The van der Waals surface area contributed by atoms with E-state index < -0.39 is 5.97 Å². The molecule has 0 amide bonds. The van der Waals surface area contributed by atoms with Crippen LogP contribution in [0.2, 0.25) is 0 Å². The van der Waals surface area contributed by atoms with Crippen LogP contribution < -0.4 is 0 Å². The van der Waals surface area contributed by atoms with Crippen LogP contribution in [0.5, 0.6) is 0 Å². The number of nitrogens with zero attached hydrogens (tertiary/aromatic N) is 3. The van der Waals surface area contributed by atoms with E-state index in [2.05, 4.69) is 25.9 Å². The molecule has 5 nitrogen and oxygen atoms in total. The second kappa shape index (κ2) is 5.13. The van der Waals surface area contributed by atoms with Gasteiger partial charge in [-0.2, -0.15) is 5.10 Å². The van der Waals surface area contributed by atoms with Crippen molar-refractivity contribution in [1.29, 1.82) is 0 Å². The summed E-state index contributed by atoms with van der Waals surface area (Å²) >= 11 is 0. The summed E-state index contributed by atoms with van der Waals surface area (Å²) in [6.07, 6.45) is 0.636. The van der Waals surface area contributed by atoms with E-state index in [4.69, 9.17) is 10.1 Å². The number of aliphatic carboxylic acids is 1. The van der Waals surface area contributed by atoms with Crippen LogP contribution in [0.25, 0.3) is 11.0 Å². The van der Waals surface area contributed by atoms with E-state index >= 15 is 0 Å². The van der Waals surface area contributed by atoms with Gasteiger partial charge in [-0.15, -0.1) is 0 Å². The first-order valence-corrected chi connectivity index (χ1v) is 7.20. The van der Waals surface area contributed by atoms with Gasteiger partial charge in [0.1, 0.15) is 0 Å². The molecule has 0 radical (unpaired) electrons. The number of carbonyl (C=O) groups is 1. The highest BCUT2D eigenvalue weighted by Gasteiger charge is 2.23. The Morgan fingerprint density at radius 2 is 1.81 bits per heavy atom. The van der Waals surface area contributed by atoms with Crippen LogP contribution in [0.15, 0.2) is 0 Å². The van der Waals surface area contributed by atoms with Gasteiger partial charge in [0.25, 0.3) is 0 Å². The van der Waals surface area contributed by atoms with Crippen molar-refractivity contribution in [1.82, 2.24) is 14.8 Å².